The molecule has 0 amide bonds. The van der Waals surface area contributed by atoms with Crippen LogP contribution in [-0.4, -0.2) is 47.0 Å². The van der Waals surface area contributed by atoms with Gasteiger partial charge in [0, 0.05) is 25.0 Å². The van der Waals surface area contributed by atoms with Crippen molar-refractivity contribution in [1.82, 2.24) is 4.90 Å². The number of likely N-dealkylation sites (tertiary alicyclic amines) is 1. The van der Waals surface area contributed by atoms with Gasteiger partial charge in [0.1, 0.15) is 0 Å². The van der Waals surface area contributed by atoms with Crippen molar-refractivity contribution in [2.75, 3.05) is 19.6 Å². The molecule has 13 heavy (non-hydrogen) atoms. The van der Waals surface area contributed by atoms with Gasteiger partial charge in [0.05, 0.1) is 12.2 Å². The van der Waals surface area contributed by atoms with E-state index >= 15 is 0 Å². The molecule has 3 heteroatoms. The third-order valence-corrected chi connectivity index (χ3v) is 3.51. The van der Waals surface area contributed by atoms with E-state index in [1.807, 2.05) is 6.92 Å². The van der Waals surface area contributed by atoms with E-state index in [0.29, 0.717) is 0 Å². The lowest BCUT2D eigenvalue weighted by molar-refractivity contribution is 0.107. The summed E-state index contributed by atoms with van der Waals surface area (Å²) in [5.74, 6) is 0. The van der Waals surface area contributed by atoms with Gasteiger partial charge in [0.15, 0.2) is 0 Å². The van der Waals surface area contributed by atoms with Gasteiger partial charge in [0.2, 0.25) is 0 Å². The summed E-state index contributed by atoms with van der Waals surface area (Å²) in [5.41, 5.74) is 0.230. The van der Waals surface area contributed by atoms with Gasteiger partial charge in [-0.3, -0.25) is 4.90 Å². The van der Waals surface area contributed by atoms with Crippen LogP contribution in [0.1, 0.15) is 26.2 Å². The third-order valence-electron chi connectivity index (χ3n) is 3.51. The topological polar surface area (TPSA) is 43.7 Å². The molecule has 2 rings (SSSR count). The lowest BCUT2D eigenvalue weighted by atomic mass is 10.0. The summed E-state index contributed by atoms with van der Waals surface area (Å²) in [4.78, 5) is 2.20. The first-order valence-corrected chi connectivity index (χ1v) is 5.25. The Balaban J connectivity index is 1.84. The molecule has 1 saturated carbocycles. The van der Waals surface area contributed by atoms with E-state index in [9.17, 15) is 10.2 Å². The van der Waals surface area contributed by atoms with Gasteiger partial charge < -0.3 is 10.2 Å². The molecule has 2 atom stereocenters. The van der Waals surface area contributed by atoms with Crippen molar-refractivity contribution in [1.29, 1.82) is 0 Å². The van der Waals surface area contributed by atoms with Crippen LogP contribution in [0.2, 0.25) is 0 Å². The van der Waals surface area contributed by atoms with Gasteiger partial charge in [-0.25, -0.2) is 0 Å². The number of hydrogen-bond acceptors (Lipinski definition) is 3. The first kappa shape index (κ1) is 9.44. The van der Waals surface area contributed by atoms with Crippen molar-refractivity contribution in [3.05, 3.63) is 0 Å². The van der Waals surface area contributed by atoms with Crippen LogP contribution in [-0.2, 0) is 0 Å². The summed E-state index contributed by atoms with van der Waals surface area (Å²) in [6.07, 6.45) is 2.79. The van der Waals surface area contributed by atoms with E-state index in [2.05, 4.69) is 4.90 Å². The molecule has 0 aromatic carbocycles. The van der Waals surface area contributed by atoms with Crippen LogP contribution in [0.25, 0.3) is 0 Å². The molecule has 0 aromatic rings. The fourth-order valence-corrected chi connectivity index (χ4v) is 2.27. The van der Waals surface area contributed by atoms with Crippen molar-refractivity contribution in [2.24, 2.45) is 5.41 Å². The van der Waals surface area contributed by atoms with E-state index in [0.717, 1.165) is 26.1 Å². The summed E-state index contributed by atoms with van der Waals surface area (Å²) in [6, 6.07) is 0. The zero-order chi connectivity index (χ0) is 9.47. The van der Waals surface area contributed by atoms with E-state index in [4.69, 9.17) is 0 Å². The van der Waals surface area contributed by atoms with Crippen molar-refractivity contribution < 1.29 is 10.2 Å². The molecule has 2 N–H and O–H groups in total. The quantitative estimate of drug-likeness (QED) is 0.661. The highest BCUT2D eigenvalue weighted by Crippen LogP contribution is 2.52. The molecular weight excluding hydrogens is 166 g/mol. The summed E-state index contributed by atoms with van der Waals surface area (Å²) in [5, 5.41) is 19.2. The molecule has 1 spiro atoms. The van der Waals surface area contributed by atoms with Crippen molar-refractivity contribution in [3.63, 3.8) is 0 Å². The SMILES string of the molecule is CC[C@H](O)CN1CC(O)C2(CC2)C1. The molecule has 1 unspecified atom stereocenters. The second-order valence-electron chi connectivity index (χ2n) is 4.63. The average Bonchev–Trinajstić information content (AvgIpc) is 2.78. The Morgan fingerprint density at radius 2 is 2.23 bits per heavy atom. The van der Waals surface area contributed by atoms with Crippen LogP contribution in [0, 0.1) is 5.41 Å². The molecule has 1 aliphatic heterocycles. The number of β-amino-alcohol motifs (C(OH)–C–C–N with tert-alkyl or cyclic N) is 2. The smallest absolute Gasteiger partial charge is 0.0735 e. The van der Waals surface area contributed by atoms with E-state index in [1.54, 1.807) is 0 Å². The zero-order valence-electron chi connectivity index (χ0n) is 8.24. The maximum atomic E-state index is 9.75. The highest BCUT2D eigenvalue weighted by atomic mass is 16.3. The Morgan fingerprint density at radius 3 is 2.69 bits per heavy atom. The standard InChI is InChI=1S/C10H19NO2/c1-2-8(12)5-11-6-9(13)10(7-11)3-4-10/h8-9,12-13H,2-7H2,1H3/t8-,9?/m0/s1. The second kappa shape index (κ2) is 3.23. The first-order valence-electron chi connectivity index (χ1n) is 5.25. The molecule has 1 saturated heterocycles. The van der Waals surface area contributed by atoms with Crippen LogP contribution in [0.3, 0.4) is 0 Å². The maximum Gasteiger partial charge on any atom is 0.0735 e. The maximum absolute atomic E-state index is 9.75. The molecule has 1 heterocycles. The molecule has 3 nitrogen and oxygen atoms in total. The lowest BCUT2D eigenvalue weighted by Gasteiger charge is -2.18. The largest absolute Gasteiger partial charge is 0.392 e. The van der Waals surface area contributed by atoms with Crippen molar-refractivity contribution >= 4 is 0 Å². The average molecular weight is 185 g/mol. The lowest BCUT2D eigenvalue weighted by Crippen LogP contribution is -2.31. The second-order valence-corrected chi connectivity index (χ2v) is 4.63. The Hall–Kier alpha value is -0.120. The first-order chi connectivity index (χ1) is 6.16. The monoisotopic (exact) mass is 185 g/mol. The van der Waals surface area contributed by atoms with Crippen LogP contribution >= 0.6 is 0 Å². The highest BCUT2D eigenvalue weighted by molar-refractivity contribution is 5.06. The Morgan fingerprint density at radius 1 is 1.54 bits per heavy atom. The Kier molecular flexibility index (Phi) is 2.34. The number of rotatable bonds is 3. The summed E-state index contributed by atoms with van der Waals surface area (Å²) in [6.45, 7) is 4.47. The van der Waals surface area contributed by atoms with Gasteiger partial charge in [-0.05, 0) is 19.3 Å². The molecule has 0 radical (unpaired) electrons. The predicted molar refractivity (Wildman–Crippen MR) is 50.4 cm³/mol. The Bertz CT molecular complexity index is 191. The molecule has 76 valence electrons. The van der Waals surface area contributed by atoms with E-state index in [-0.39, 0.29) is 17.6 Å². The molecule has 0 aromatic heterocycles. The van der Waals surface area contributed by atoms with Crippen LogP contribution < -0.4 is 0 Å². The Labute approximate surface area is 79.4 Å². The van der Waals surface area contributed by atoms with Gasteiger partial charge in [-0.1, -0.05) is 6.92 Å². The highest BCUT2D eigenvalue weighted by Gasteiger charge is 2.54. The normalized spacial score (nSPS) is 33.9. The van der Waals surface area contributed by atoms with Gasteiger partial charge in [0.25, 0.3) is 0 Å². The minimum Gasteiger partial charge on any atom is -0.392 e. The third kappa shape index (κ3) is 1.73. The predicted octanol–water partition coefficient (Wildman–Crippen LogP) is 0.214. The number of hydrogen-bond donors (Lipinski definition) is 2. The summed E-state index contributed by atoms with van der Waals surface area (Å²) in [7, 11) is 0. The van der Waals surface area contributed by atoms with Crippen LogP contribution in [0.4, 0.5) is 0 Å². The summed E-state index contributed by atoms with van der Waals surface area (Å²) >= 11 is 0. The summed E-state index contributed by atoms with van der Waals surface area (Å²) < 4.78 is 0. The minimum absolute atomic E-state index is 0.142. The van der Waals surface area contributed by atoms with Gasteiger partial charge in [-0.15, -0.1) is 0 Å². The van der Waals surface area contributed by atoms with Crippen LogP contribution in [0.5, 0.6) is 0 Å². The van der Waals surface area contributed by atoms with Gasteiger partial charge in [-0.2, -0.15) is 0 Å². The van der Waals surface area contributed by atoms with E-state index < -0.39 is 0 Å². The minimum atomic E-state index is -0.221. The number of nitrogens with zero attached hydrogens (tertiary/aromatic N) is 1. The zero-order valence-corrected chi connectivity index (χ0v) is 8.24. The van der Waals surface area contributed by atoms with Crippen molar-refractivity contribution in [3.8, 4) is 0 Å². The van der Waals surface area contributed by atoms with Crippen molar-refractivity contribution in [2.45, 2.75) is 38.4 Å². The fraction of sp³-hybridized carbons (Fsp3) is 1.00. The fourth-order valence-electron chi connectivity index (χ4n) is 2.27. The molecule has 0 bridgehead atoms. The molecular formula is C10H19NO2. The number of aliphatic hydroxyl groups excluding tert-OH is 2. The van der Waals surface area contributed by atoms with Gasteiger partial charge >= 0.3 is 0 Å². The number of aliphatic hydroxyl groups is 2. The molecule has 1 aliphatic carbocycles. The molecule has 2 aliphatic rings. The van der Waals surface area contributed by atoms with Crippen LogP contribution in [0.15, 0.2) is 0 Å². The molecule has 2 fully saturated rings. The van der Waals surface area contributed by atoms with E-state index in [1.165, 1.54) is 12.8 Å².